The first-order valence-corrected chi connectivity index (χ1v) is 3.73. The molecule has 0 radical (unpaired) electrons. The predicted molar refractivity (Wildman–Crippen MR) is 37.6 cm³/mol. The van der Waals surface area contributed by atoms with Crippen LogP contribution >= 0.6 is 0 Å². The van der Waals surface area contributed by atoms with Crippen molar-refractivity contribution in [3.63, 3.8) is 0 Å². The van der Waals surface area contributed by atoms with Crippen molar-refractivity contribution in [2.24, 2.45) is 0 Å². The molecule has 4 heteroatoms. The van der Waals surface area contributed by atoms with E-state index in [4.69, 9.17) is 0 Å². The number of Topliss-reactive ketones (excluding diaryl/α,β-unsaturated/α-hetero) is 1. The van der Waals surface area contributed by atoms with Crippen LogP contribution in [0, 0.1) is 0 Å². The third-order valence-corrected chi connectivity index (χ3v) is 2.03. The van der Waals surface area contributed by atoms with Gasteiger partial charge in [0.05, 0.1) is 0 Å². The molecule has 68 valence electrons. The van der Waals surface area contributed by atoms with Crippen LogP contribution in [0.5, 0.6) is 0 Å². The summed E-state index contributed by atoms with van der Waals surface area (Å²) in [4.78, 5) is 10.7. The third kappa shape index (κ3) is 1.68. The fraction of sp³-hybridized carbons (Fsp3) is 0.625. The van der Waals surface area contributed by atoms with Crippen LogP contribution in [0.3, 0.4) is 0 Å². The van der Waals surface area contributed by atoms with Crippen molar-refractivity contribution >= 4 is 5.78 Å². The van der Waals surface area contributed by atoms with Crippen molar-refractivity contribution in [1.29, 1.82) is 0 Å². The second-order valence-corrected chi connectivity index (χ2v) is 2.94. The minimum Gasteiger partial charge on any atom is -0.284 e. The van der Waals surface area contributed by atoms with Crippen LogP contribution in [0.1, 0.15) is 26.2 Å². The van der Waals surface area contributed by atoms with E-state index in [2.05, 4.69) is 0 Å². The van der Waals surface area contributed by atoms with E-state index in [1.54, 1.807) is 6.92 Å². The van der Waals surface area contributed by atoms with Crippen LogP contribution in [0.2, 0.25) is 0 Å². The predicted octanol–water partition coefficient (Wildman–Crippen LogP) is 2.62. The van der Waals surface area contributed by atoms with Gasteiger partial charge in [0, 0.05) is 5.57 Å². The van der Waals surface area contributed by atoms with Gasteiger partial charge in [-0.3, -0.25) is 4.79 Å². The second-order valence-electron chi connectivity index (χ2n) is 2.94. The summed E-state index contributed by atoms with van der Waals surface area (Å²) < 4.78 is 35.7. The normalized spacial score (nSPS) is 18.7. The van der Waals surface area contributed by atoms with Crippen molar-refractivity contribution in [2.75, 3.05) is 0 Å². The molecule has 0 heterocycles. The van der Waals surface area contributed by atoms with Gasteiger partial charge in [0.15, 0.2) is 0 Å². The minimum atomic E-state index is -4.69. The molecule has 1 rings (SSSR count). The molecule has 12 heavy (non-hydrogen) atoms. The van der Waals surface area contributed by atoms with E-state index < -0.39 is 12.0 Å². The number of halogens is 3. The van der Waals surface area contributed by atoms with Crippen LogP contribution in [0.25, 0.3) is 0 Å². The van der Waals surface area contributed by atoms with Crippen molar-refractivity contribution in [2.45, 2.75) is 32.4 Å². The van der Waals surface area contributed by atoms with E-state index in [-0.39, 0.29) is 12.0 Å². The number of hydrogen-bond donors (Lipinski definition) is 0. The highest BCUT2D eigenvalue weighted by molar-refractivity contribution is 6.00. The first-order valence-electron chi connectivity index (χ1n) is 3.73. The molecule has 0 N–H and O–H groups in total. The summed E-state index contributed by atoms with van der Waals surface area (Å²) in [6.07, 6.45) is -3.12. The molecule has 0 aromatic carbocycles. The lowest BCUT2D eigenvalue weighted by molar-refractivity contribution is -0.166. The van der Waals surface area contributed by atoms with E-state index in [9.17, 15) is 18.0 Å². The summed E-state index contributed by atoms with van der Waals surface area (Å²) in [6, 6.07) is 0. The Balaban J connectivity index is 2.85. The monoisotopic (exact) mass is 178 g/mol. The number of carbonyl (C=O) groups is 1. The van der Waals surface area contributed by atoms with Crippen molar-refractivity contribution in [3.05, 3.63) is 11.1 Å². The summed E-state index contributed by atoms with van der Waals surface area (Å²) in [5.74, 6) is -1.66. The molecule has 0 fully saturated rings. The average Bonchev–Trinajstić information content (AvgIpc) is 2.31. The van der Waals surface area contributed by atoms with Gasteiger partial charge < -0.3 is 0 Å². The Morgan fingerprint density at radius 2 is 1.92 bits per heavy atom. The molecule has 0 amide bonds. The summed E-state index contributed by atoms with van der Waals surface area (Å²) in [6.45, 7) is 1.59. The Kier molecular flexibility index (Phi) is 2.26. The Morgan fingerprint density at radius 1 is 1.33 bits per heavy atom. The number of ketones is 1. The van der Waals surface area contributed by atoms with Gasteiger partial charge in [0.25, 0.3) is 5.78 Å². The highest BCUT2D eigenvalue weighted by atomic mass is 19.4. The first kappa shape index (κ1) is 9.29. The zero-order valence-corrected chi connectivity index (χ0v) is 6.66. The van der Waals surface area contributed by atoms with Crippen molar-refractivity contribution in [1.82, 2.24) is 0 Å². The maximum absolute atomic E-state index is 11.9. The van der Waals surface area contributed by atoms with Crippen LogP contribution in [-0.4, -0.2) is 12.0 Å². The largest absolute Gasteiger partial charge is 0.454 e. The van der Waals surface area contributed by atoms with Gasteiger partial charge in [0.2, 0.25) is 0 Å². The Morgan fingerprint density at radius 3 is 2.25 bits per heavy atom. The molecule has 0 aromatic heterocycles. The van der Waals surface area contributed by atoms with E-state index in [0.717, 1.165) is 0 Å². The Hall–Kier alpha value is -0.800. The minimum absolute atomic E-state index is 0.0255. The molecule has 1 aliphatic carbocycles. The van der Waals surface area contributed by atoms with E-state index in [0.29, 0.717) is 18.4 Å². The third-order valence-electron chi connectivity index (χ3n) is 2.03. The fourth-order valence-electron chi connectivity index (χ4n) is 1.37. The highest BCUT2D eigenvalue weighted by Crippen LogP contribution is 2.31. The van der Waals surface area contributed by atoms with Gasteiger partial charge in [-0.15, -0.1) is 0 Å². The number of hydrogen-bond acceptors (Lipinski definition) is 1. The molecule has 0 bridgehead atoms. The summed E-state index contributed by atoms with van der Waals surface area (Å²) in [5.41, 5.74) is 0.569. The summed E-state index contributed by atoms with van der Waals surface area (Å²) >= 11 is 0. The smallest absolute Gasteiger partial charge is 0.284 e. The lowest BCUT2D eigenvalue weighted by Gasteiger charge is -2.06. The zero-order valence-electron chi connectivity index (χ0n) is 6.66. The standard InChI is InChI=1S/C8H9F3O/c1-5-3-2-4-6(5)7(12)8(9,10)11/h2-4H2,1H3. The quantitative estimate of drug-likeness (QED) is 0.603. The molecule has 1 nitrogen and oxygen atoms in total. The molecular weight excluding hydrogens is 169 g/mol. The van der Waals surface area contributed by atoms with Gasteiger partial charge >= 0.3 is 6.18 Å². The van der Waals surface area contributed by atoms with Gasteiger partial charge in [-0.25, -0.2) is 0 Å². The molecular formula is C8H9F3O. The van der Waals surface area contributed by atoms with Crippen LogP contribution < -0.4 is 0 Å². The lowest BCUT2D eigenvalue weighted by atomic mass is 10.1. The Labute approximate surface area is 68.3 Å². The van der Waals surface area contributed by atoms with Crippen LogP contribution in [-0.2, 0) is 4.79 Å². The molecule has 0 atom stereocenters. The van der Waals surface area contributed by atoms with Crippen molar-refractivity contribution < 1.29 is 18.0 Å². The van der Waals surface area contributed by atoms with Gasteiger partial charge in [0.1, 0.15) is 0 Å². The number of carbonyl (C=O) groups excluding carboxylic acids is 1. The van der Waals surface area contributed by atoms with E-state index >= 15 is 0 Å². The molecule has 0 spiro atoms. The highest BCUT2D eigenvalue weighted by Gasteiger charge is 2.41. The second kappa shape index (κ2) is 2.92. The molecule has 0 aromatic rings. The number of allylic oxidation sites excluding steroid dienone is 2. The summed E-state index contributed by atoms with van der Waals surface area (Å²) in [7, 11) is 0. The maximum Gasteiger partial charge on any atom is 0.454 e. The molecule has 0 aliphatic heterocycles. The lowest BCUT2D eigenvalue weighted by Crippen LogP contribution is -2.24. The Bertz CT molecular complexity index is 237. The first-order chi connectivity index (χ1) is 5.43. The van der Waals surface area contributed by atoms with E-state index in [1.807, 2.05) is 0 Å². The van der Waals surface area contributed by atoms with Gasteiger partial charge in [-0.05, 0) is 26.2 Å². The number of rotatable bonds is 1. The average molecular weight is 178 g/mol. The van der Waals surface area contributed by atoms with Crippen molar-refractivity contribution in [3.8, 4) is 0 Å². The fourth-order valence-corrected chi connectivity index (χ4v) is 1.37. The molecule has 1 aliphatic rings. The topological polar surface area (TPSA) is 17.1 Å². The van der Waals surface area contributed by atoms with Crippen LogP contribution in [0.4, 0.5) is 13.2 Å². The van der Waals surface area contributed by atoms with Gasteiger partial charge in [-0.1, -0.05) is 5.57 Å². The molecule has 0 unspecified atom stereocenters. The van der Waals surface area contributed by atoms with Gasteiger partial charge in [-0.2, -0.15) is 13.2 Å². The molecule has 0 saturated heterocycles. The zero-order chi connectivity index (χ0) is 9.35. The van der Waals surface area contributed by atoms with E-state index in [1.165, 1.54) is 0 Å². The van der Waals surface area contributed by atoms with Crippen LogP contribution in [0.15, 0.2) is 11.1 Å². The maximum atomic E-state index is 11.9. The SMILES string of the molecule is CC1=C(C(=O)C(F)(F)F)CCC1. The summed E-state index contributed by atoms with van der Waals surface area (Å²) in [5, 5.41) is 0. The number of alkyl halides is 3. The molecule has 0 saturated carbocycles.